The minimum atomic E-state index is 0.363. The normalized spacial score (nSPS) is 10.6. The fraction of sp³-hybridized carbons (Fsp3) is 0.444. The van der Waals surface area contributed by atoms with E-state index < -0.39 is 0 Å². The summed E-state index contributed by atoms with van der Waals surface area (Å²) in [5.41, 5.74) is 1.80. The molecule has 8 heteroatoms. The first kappa shape index (κ1) is 11.9. The molecule has 2 aromatic rings. The molecule has 2 rings (SSSR count). The molecule has 0 saturated heterocycles. The van der Waals surface area contributed by atoms with E-state index in [0.717, 1.165) is 15.9 Å². The third-order valence-corrected chi connectivity index (χ3v) is 3.40. The van der Waals surface area contributed by atoms with Gasteiger partial charge in [-0.15, -0.1) is 20.4 Å². The topological polar surface area (TPSA) is 72.6 Å². The summed E-state index contributed by atoms with van der Waals surface area (Å²) >= 11 is 3.45. The number of rotatable bonds is 2. The molecule has 0 aliphatic rings. The molecule has 2 aromatic heterocycles. The highest BCUT2D eigenvalue weighted by Gasteiger charge is 2.13. The van der Waals surface area contributed by atoms with Crippen LogP contribution >= 0.6 is 15.9 Å². The summed E-state index contributed by atoms with van der Waals surface area (Å²) in [5, 5.41) is 20.2. The van der Waals surface area contributed by atoms with Crippen molar-refractivity contribution >= 4 is 21.9 Å². The third-order valence-electron chi connectivity index (χ3n) is 2.25. The van der Waals surface area contributed by atoms with E-state index in [-0.39, 0.29) is 0 Å². The maximum absolute atomic E-state index is 4.31. The van der Waals surface area contributed by atoms with Gasteiger partial charge >= 0.3 is 0 Å². The number of anilines is 1. The summed E-state index contributed by atoms with van der Waals surface area (Å²) in [7, 11) is 3.66. The van der Waals surface area contributed by atoms with E-state index in [2.05, 4.69) is 41.4 Å². The SMILES string of the molecule is Cc1nn(-c2nnc(N(C)C)nn2)c(C)c1Br. The van der Waals surface area contributed by atoms with Crippen molar-refractivity contribution in [2.24, 2.45) is 0 Å². The molecular formula is C9H12BrN7. The van der Waals surface area contributed by atoms with Crippen LogP contribution in [0.5, 0.6) is 0 Å². The lowest BCUT2D eigenvalue weighted by Gasteiger charge is -2.07. The predicted octanol–water partition coefficient (Wildman–Crippen LogP) is 0.898. The lowest BCUT2D eigenvalue weighted by molar-refractivity contribution is 0.703. The first-order valence-corrected chi connectivity index (χ1v) is 5.77. The number of aromatic nitrogens is 6. The Kier molecular flexibility index (Phi) is 3.05. The van der Waals surface area contributed by atoms with Crippen molar-refractivity contribution in [3.63, 3.8) is 0 Å². The van der Waals surface area contributed by atoms with Gasteiger partial charge in [-0.25, -0.2) is 0 Å². The second-order valence-electron chi connectivity index (χ2n) is 3.79. The zero-order chi connectivity index (χ0) is 12.6. The van der Waals surface area contributed by atoms with Crippen molar-refractivity contribution in [3.8, 4) is 5.95 Å². The van der Waals surface area contributed by atoms with Crippen LogP contribution in [0.15, 0.2) is 4.47 Å². The van der Waals surface area contributed by atoms with Crippen molar-refractivity contribution < 1.29 is 0 Å². The van der Waals surface area contributed by atoms with E-state index in [4.69, 9.17) is 0 Å². The summed E-state index contributed by atoms with van der Waals surface area (Å²) < 4.78 is 2.55. The molecule has 90 valence electrons. The van der Waals surface area contributed by atoms with Crippen molar-refractivity contribution in [2.45, 2.75) is 13.8 Å². The summed E-state index contributed by atoms with van der Waals surface area (Å²) in [6.07, 6.45) is 0. The van der Waals surface area contributed by atoms with Gasteiger partial charge in [-0.05, 0) is 29.8 Å². The molecule has 2 heterocycles. The first-order chi connectivity index (χ1) is 8.00. The first-order valence-electron chi connectivity index (χ1n) is 4.97. The van der Waals surface area contributed by atoms with E-state index in [9.17, 15) is 0 Å². The molecule has 0 radical (unpaired) electrons. The number of aryl methyl sites for hydroxylation is 1. The zero-order valence-electron chi connectivity index (χ0n) is 10.0. The van der Waals surface area contributed by atoms with Crippen molar-refractivity contribution in [1.29, 1.82) is 0 Å². The van der Waals surface area contributed by atoms with Gasteiger partial charge in [-0.1, -0.05) is 0 Å². The molecule has 0 bridgehead atoms. The Morgan fingerprint density at radius 2 is 1.65 bits per heavy atom. The summed E-state index contributed by atoms with van der Waals surface area (Å²) in [5.74, 6) is 0.830. The zero-order valence-corrected chi connectivity index (χ0v) is 11.6. The van der Waals surface area contributed by atoms with Gasteiger partial charge in [0.15, 0.2) is 0 Å². The lowest BCUT2D eigenvalue weighted by atomic mass is 10.4. The molecule has 0 saturated carbocycles. The standard InChI is InChI=1S/C9H12BrN7/c1-5-7(10)6(2)17(15-5)9-13-11-8(12-14-9)16(3)4/h1-4H3. The van der Waals surface area contributed by atoms with Crippen LogP contribution in [0.1, 0.15) is 11.4 Å². The highest BCUT2D eigenvalue weighted by atomic mass is 79.9. The van der Waals surface area contributed by atoms with Gasteiger partial charge in [0, 0.05) is 14.1 Å². The molecule has 0 unspecified atom stereocenters. The van der Waals surface area contributed by atoms with E-state index in [1.807, 2.05) is 27.9 Å². The molecule has 0 spiro atoms. The second kappa shape index (κ2) is 4.36. The monoisotopic (exact) mass is 297 g/mol. The molecule has 0 fully saturated rings. The van der Waals surface area contributed by atoms with Crippen LogP contribution in [0.4, 0.5) is 5.95 Å². The molecule has 0 N–H and O–H groups in total. The van der Waals surface area contributed by atoms with Crippen LogP contribution in [0.25, 0.3) is 5.95 Å². The minimum absolute atomic E-state index is 0.363. The Labute approximate surface area is 107 Å². The number of halogens is 1. The highest BCUT2D eigenvalue weighted by Crippen LogP contribution is 2.21. The van der Waals surface area contributed by atoms with Crippen LogP contribution in [-0.2, 0) is 0 Å². The Bertz CT molecular complexity index is 531. The molecule has 0 amide bonds. The molecule has 0 aliphatic heterocycles. The Morgan fingerprint density at radius 1 is 1.06 bits per heavy atom. The van der Waals surface area contributed by atoms with Crippen molar-refractivity contribution in [1.82, 2.24) is 30.2 Å². The van der Waals surface area contributed by atoms with E-state index in [1.165, 1.54) is 0 Å². The van der Waals surface area contributed by atoms with Crippen molar-refractivity contribution in [3.05, 3.63) is 15.9 Å². The van der Waals surface area contributed by atoms with E-state index >= 15 is 0 Å². The lowest BCUT2D eigenvalue weighted by Crippen LogP contribution is -2.16. The van der Waals surface area contributed by atoms with E-state index in [1.54, 1.807) is 9.58 Å². The average Bonchev–Trinajstić information content (AvgIpc) is 2.57. The van der Waals surface area contributed by atoms with Gasteiger partial charge in [0.25, 0.3) is 11.9 Å². The van der Waals surface area contributed by atoms with E-state index in [0.29, 0.717) is 11.9 Å². The predicted molar refractivity (Wildman–Crippen MR) is 66.2 cm³/mol. The number of hydrogen-bond donors (Lipinski definition) is 0. The molecule has 7 nitrogen and oxygen atoms in total. The fourth-order valence-corrected chi connectivity index (χ4v) is 1.55. The Morgan fingerprint density at radius 3 is 2.06 bits per heavy atom. The maximum Gasteiger partial charge on any atom is 0.289 e. The fourth-order valence-electron chi connectivity index (χ4n) is 1.30. The number of nitrogens with zero attached hydrogens (tertiary/aromatic N) is 7. The van der Waals surface area contributed by atoms with Crippen LogP contribution in [0.2, 0.25) is 0 Å². The average molecular weight is 298 g/mol. The quantitative estimate of drug-likeness (QED) is 0.820. The second-order valence-corrected chi connectivity index (χ2v) is 4.58. The molecule has 0 atom stereocenters. The molecular weight excluding hydrogens is 286 g/mol. The number of hydrogen-bond acceptors (Lipinski definition) is 6. The third kappa shape index (κ3) is 2.12. The Balaban J connectivity index is 2.43. The van der Waals surface area contributed by atoms with Gasteiger partial charge in [-0.3, -0.25) is 0 Å². The van der Waals surface area contributed by atoms with Gasteiger partial charge < -0.3 is 4.90 Å². The van der Waals surface area contributed by atoms with Crippen LogP contribution in [-0.4, -0.2) is 44.3 Å². The largest absolute Gasteiger partial charge is 0.344 e. The summed E-state index contributed by atoms with van der Waals surface area (Å²) in [4.78, 5) is 1.74. The Hall–Kier alpha value is -1.57. The summed E-state index contributed by atoms with van der Waals surface area (Å²) in [6.45, 7) is 3.83. The van der Waals surface area contributed by atoms with Crippen LogP contribution in [0, 0.1) is 13.8 Å². The maximum atomic E-state index is 4.31. The van der Waals surface area contributed by atoms with Gasteiger partial charge in [-0.2, -0.15) is 9.78 Å². The summed E-state index contributed by atoms with van der Waals surface area (Å²) in [6, 6.07) is 0. The van der Waals surface area contributed by atoms with Crippen LogP contribution in [0.3, 0.4) is 0 Å². The molecule has 0 aromatic carbocycles. The van der Waals surface area contributed by atoms with Gasteiger partial charge in [0.1, 0.15) is 0 Å². The smallest absolute Gasteiger partial charge is 0.289 e. The van der Waals surface area contributed by atoms with Gasteiger partial charge in [0.2, 0.25) is 0 Å². The van der Waals surface area contributed by atoms with Gasteiger partial charge in [0.05, 0.1) is 15.9 Å². The highest BCUT2D eigenvalue weighted by molar-refractivity contribution is 9.10. The van der Waals surface area contributed by atoms with Crippen LogP contribution < -0.4 is 4.90 Å². The van der Waals surface area contributed by atoms with Crippen molar-refractivity contribution in [2.75, 3.05) is 19.0 Å². The minimum Gasteiger partial charge on any atom is -0.344 e. The molecule has 0 aliphatic carbocycles. The molecule has 17 heavy (non-hydrogen) atoms.